The first-order valence-electron chi connectivity index (χ1n) is 32.0. The predicted octanol–water partition coefficient (Wildman–Crippen LogP) is 12.5. The highest BCUT2D eigenvalue weighted by molar-refractivity contribution is 7.92. The van der Waals surface area contributed by atoms with E-state index in [1.807, 2.05) is 71.0 Å². The number of rotatable bonds is 16. The Bertz CT molecular complexity index is 3740. The number of carbonyl (C=O) groups is 4. The Labute approximate surface area is 538 Å². The molecule has 20 heteroatoms. The average Bonchev–Trinajstić information content (AvgIpc) is 1.30. The molecule has 3 saturated heterocycles. The van der Waals surface area contributed by atoms with Gasteiger partial charge in [0.2, 0.25) is 16.0 Å². The van der Waals surface area contributed by atoms with Crippen LogP contribution in [0.15, 0.2) is 109 Å². The number of hydrogen-bond donors (Lipinski definition) is 3. The Balaban J connectivity index is 0.000000163. The number of aromatic nitrogens is 3. The fraction of sp³-hybridized carbons (Fsp3) is 0.486. The minimum absolute atomic E-state index is 0.00723. The first kappa shape index (κ1) is 68.8. The Hall–Kier alpha value is -7.52. The highest BCUT2D eigenvalue weighted by Gasteiger charge is 2.44. The molecule has 1 saturated carbocycles. The van der Waals surface area contributed by atoms with Gasteiger partial charge in [0.25, 0.3) is 0 Å². The fourth-order valence-electron chi connectivity index (χ4n) is 12.5. The fourth-order valence-corrected chi connectivity index (χ4v) is 12.9. The van der Waals surface area contributed by atoms with Crippen LogP contribution < -0.4 is 4.31 Å². The van der Waals surface area contributed by atoms with E-state index >= 15 is 0 Å². The SMILES string of the molecule is CC(C)c1nc(N(C)S(C)(=O)=O)nc(-c2ccc(F)cc2)c1/C=C/C1CC(O)CC(=O)O1.CCC(C)(C)C(=O)OC1CC(C)C=C2C=CC(C)C(CCC3CC(O)CC(=O)O3)C21.O=C1CC(O)CC(/C=C/c2c(C3CC3)nc3ccccc3c2-c2ccc(F)cc2)O1. The molecule has 3 aromatic carbocycles. The topological polar surface area (TPSA) is 242 Å². The van der Waals surface area contributed by atoms with Gasteiger partial charge >= 0.3 is 23.9 Å². The van der Waals surface area contributed by atoms with Crippen LogP contribution in [0.2, 0.25) is 0 Å². The van der Waals surface area contributed by atoms with E-state index < -0.39 is 57.7 Å². The van der Waals surface area contributed by atoms with Gasteiger partial charge in [0, 0.05) is 65.8 Å². The van der Waals surface area contributed by atoms with Gasteiger partial charge in [-0.15, -0.1) is 0 Å². The van der Waals surface area contributed by atoms with Gasteiger partial charge in [-0.25, -0.2) is 31.5 Å². The Kier molecular flexibility index (Phi) is 22.2. The highest BCUT2D eigenvalue weighted by Crippen LogP contribution is 2.48. The Morgan fingerprint density at radius 1 is 0.761 bits per heavy atom. The molecule has 5 heterocycles. The minimum atomic E-state index is -3.61. The van der Waals surface area contributed by atoms with E-state index in [2.05, 4.69) is 42.0 Å². The lowest BCUT2D eigenvalue weighted by molar-refractivity contribution is -0.166. The van der Waals surface area contributed by atoms with Crippen LogP contribution in [0.3, 0.4) is 0 Å². The molecule has 0 spiro atoms. The zero-order chi connectivity index (χ0) is 66.3. The van der Waals surface area contributed by atoms with Crippen molar-refractivity contribution in [3.8, 4) is 22.4 Å². The van der Waals surface area contributed by atoms with Crippen LogP contribution in [0, 0.1) is 40.7 Å². The molecule has 3 N–H and O–H groups in total. The molecule has 0 radical (unpaired) electrons. The van der Waals surface area contributed by atoms with Crippen molar-refractivity contribution in [2.75, 3.05) is 17.6 Å². The molecule has 6 aliphatic rings. The number of pyridine rings is 1. The quantitative estimate of drug-likeness (QED) is 0.0614. The van der Waals surface area contributed by atoms with Crippen molar-refractivity contribution in [1.29, 1.82) is 0 Å². The summed E-state index contributed by atoms with van der Waals surface area (Å²) in [4.78, 5) is 61.9. The number of anilines is 1. The first-order valence-corrected chi connectivity index (χ1v) is 33.9. The Morgan fingerprint density at radius 2 is 1.33 bits per heavy atom. The van der Waals surface area contributed by atoms with Gasteiger partial charge in [0.1, 0.15) is 36.1 Å². The second kappa shape index (κ2) is 29.6. The van der Waals surface area contributed by atoms with Gasteiger partial charge in [-0.2, -0.15) is 0 Å². The molecule has 17 nitrogen and oxygen atoms in total. The summed E-state index contributed by atoms with van der Waals surface area (Å²) >= 11 is 0. The smallest absolute Gasteiger partial charge is 0.311 e. The molecule has 3 aliphatic heterocycles. The van der Waals surface area contributed by atoms with E-state index in [0.29, 0.717) is 59.0 Å². The van der Waals surface area contributed by atoms with E-state index in [4.69, 9.17) is 23.9 Å². The Morgan fingerprint density at radius 3 is 1.88 bits per heavy atom. The molecule has 11 unspecified atom stereocenters. The molecule has 5 aromatic rings. The van der Waals surface area contributed by atoms with E-state index in [9.17, 15) is 51.7 Å². The standard InChI is InChI=1S/C25H22FNO3.C25H38O5.C22H26FN3O5S/c26-17-9-7-15(8-10-17)24-20-3-1-2-4-22(20)27-25(16-5-6-16)21(24)12-11-19-13-18(28)14-23(29)30-19;1-6-25(4,5)24(28)30-21-12-15(2)11-17-8-7-16(3)20(23(17)21)10-9-19-13-18(26)14-22(27)29-19;1-13(2)20-18(10-9-17-11-16(27)12-19(28)31-17)21(14-5-7-15(23)8-6-14)25-22(24-20)26(3)32(4,29)30/h1-4,7-12,16,18-19,28H,5-6,13-14H2;7-8,11,15-16,18-21,23,26H,6,9-10,12-14H2,1-5H3;5-10,13,16-17,27H,11-12H2,1-4H3/b12-11+;;10-9+. The van der Waals surface area contributed by atoms with E-state index in [-0.39, 0.29) is 79.4 Å². The minimum Gasteiger partial charge on any atom is -0.462 e. The second-order valence-electron chi connectivity index (χ2n) is 26.4. The number of fused-ring (bicyclic) bond motifs is 2. The molecule has 11 atom stereocenters. The van der Waals surface area contributed by atoms with Crippen molar-refractivity contribution in [1.82, 2.24) is 15.0 Å². The number of sulfonamides is 1. The third-order valence-electron chi connectivity index (χ3n) is 18.1. The maximum atomic E-state index is 13.6. The lowest BCUT2D eigenvalue weighted by atomic mass is 9.65. The average molecular weight is 1290 g/mol. The van der Waals surface area contributed by atoms with Crippen molar-refractivity contribution in [2.24, 2.45) is 29.1 Å². The summed E-state index contributed by atoms with van der Waals surface area (Å²) in [7, 11) is -2.25. The highest BCUT2D eigenvalue weighted by atomic mass is 32.2. The maximum Gasteiger partial charge on any atom is 0.311 e. The predicted molar refractivity (Wildman–Crippen MR) is 348 cm³/mol. The molecule has 0 amide bonds. The molecular weight excluding hydrogens is 1200 g/mol. The number of halogens is 2. The number of benzene rings is 3. The van der Waals surface area contributed by atoms with Crippen LogP contribution in [-0.4, -0.2) is 119 Å². The van der Waals surface area contributed by atoms with Gasteiger partial charge in [-0.1, -0.05) is 95.3 Å². The summed E-state index contributed by atoms with van der Waals surface area (Å²) in [6.07, 6.45) is 18.1. The first-order chi connectivity index (χ1) is 43.6. The number of esters is 4. The molecular formula is C72H86F2N4O13S. The number of nitrogens with zero attached hydrogens (tertiary/aromatic N) is 4. The lowest BCUT2D eigenvalue weighted by Crippen LogP contribution is -2.43. The van der Waals surface area contributed by atoms with Crippen LogP contribution in [0.25, 0.3) is 45.4 Å². The summed E-state index contributed by atoms with van der Waals surface area (Å²) < 4.78 is 74.6. The third-order valence-corrected chi connectivity index (χ3v) is 19.3. The van der Waals surface area contributed by atoms with E-state index in [1.165, 1.54) is 36.9 Å². The van der Waals surface area contributed by atoms with Gasteiger partial charge < -0.3 is 34.3 Å². The monoisotopic (exact) mass is 1280 g/mol. The van der Waals surface area contributed by atoms with Crippen LogP contribution in [-0.2, 0) is 48.1 Å². The lowest BCUT2D eigenvalue weighted by Gasteiger charge is -2.44. The number of ether oxygens (including phenoxy) is 4. The molecule has 2 aromatic heterocycles. The van der Waals surface area contributed by atoms with Crippen LogP contribution >= 0.6 is 0 Å². The zero-order valence-corrected chi connectivity index (χ0v) is 54.7. The van der Waals surface area contributed by atoms with Gasteiger partial charge in [-0.05, 0) is 142 Å². The van der Waals surface area contributed by atoms with Crippen molar-refractivity contribution in [2.45, 2.75) is 180 Å². The van der Waals surface area contributed by atoms with Crippen molar-refractivity contribution >= 4 is 62.9 Å². The molecule has 492 valence electrons. The largest absolute Gasteiger partial charge is 0.462 e. The van der Waals surface area contributed by atoms with E-state index in [1.54, 1.807) is 36.4 Å². The number of hydrogen-bond acceptors (Lipinski definition) is 16. The summed E-state index contributed by atoms with van der Waals surface area (Å²) in [5.41, 5.74) is 7.75. The third kappa shape index (κ3) is 17.4. The van der Waals surface area contributed by atoms with E-state index in [0.717, 1.165) is 82.4 Å². The summed E-state index contributed by atoms with van der Waals surface area (Å²) in [5, 5.41) is 30.7. The second-order valence-corrected chi connectivity index (χ2v) is 28.4. The number of cyclic esters (lactones) is 3. The van der Waals surface area contributed by atoms with Gasteiger partial charge in [0.05, 0.1) is 71.8 Å². The summed E-state index contributed by atoms with van der Waals surface area (Å²) in [6, 6.07) is 20.2. The zero-order valence-electron chi connectivity index (χ0n) is 53.8. The van der Waals surface area contributed by atoms with Crippen molar-refractivity contribution in [3.63, 3.8) is 0 Å². The molecule has 11 rings (SSSR count). The number of aliphatic hydroxyl groups is 3. The van der Waals surface area contributed by atoms with Gasteiger partial charge in [0.15, 0.2) is 0 Å². The number of carbonyl (C=O) groups excluding carboxylic acids is 4. The number of aliphatic hydroxyl groups excluding tert-OH is 3. The molecule has 4 fully saturated rings. The van der Waals surface area contributed by atoms with Crippen molar-refractivity contribution < 1.29 is 70.6 Å². The molecule has 0 bridgehead atoms. The molecule has 3 aliphatic carbocycles. The number of para-hydroxylation sites is 1. The van der Waals surface area contributed by atoms with Gasteiger partial charge in [-0.3, -0.25) is 24.2 Å². The normalized spacial score (nSPS) is 25.8. The van der Waals surface area contributed by atoms with Crippen molar-refractivity contribution in [3.05, 3.63) is 143 Å². The van der Waals surface area contributed by atoms with Crippen LogP contribution in [0.4, 0.5) is 14.7 Å². The summed E-state index contributed by atoms with van der Waals surface area (Å²) in [6.45, 7) is 14.1. The number of allylic oxidation sites excluding steroid dienone is 3. The molecule has 92 heavy (non-hydrogen) atoms. The van der Waals surface area contributed by atoms with Crippen LogP contribution in [0.1, 0.15) is 160 Å². The maximum absolute atomic E-state index is 13.6. The summed E-state index contributed by atoms with van der Waals surface area (Å²) in [5.74, 6) is -0.509. The van der Waals surface area contributed by atoms with Crippen LogP contribution in [0.5, 0.6) is 0 Å².